The van der Waals surface area contributed by atoms with Crippen LogP contribution < -0.4 is 5.32 Å². The lowest BCUT2D eigenvalue weighted by atomic mass is 10.1. The summed E-state index contributed by atoms with van der Waals surface area (Å²) in [4.78, 5) is 0. The Balaban J connectivity index is 2.17. The SMILES string of the molecule is CNCc1cn[nH]c1S(=O)(=O)N1CC=C(COC)CC1. The fourth-order valence-electron chi connectivity index (χ4n) is 2.20. The van der Waals surface area contributed by atoms with Gasteiger partial charge in [-0.15, -0.1) is 0 Å². The van der Waals surface area contributed by atoms with E-state index in [-0.39, 0.29) is 5.03 Å². The average Bonchev–Trinajstić information content (AvgIpc) is 2.89. The Morgan fingerprint density at radius 3 is 2.95 bits per heavy atom. The fraction of sp³-hybridized carbons (Fsp3) is 0.583. The maximum Gasteiger partial charge on any atom is 0.260 e. The topological polar surface area (TPSA) is 87.3 Å². The molecule has 0 saturated heterocycles. The van der Waals surface area contributed by atoms with E-state index in [9.17, 15) is 8.42 Å². The van der Waals surface area contributed by atoms with Gasteiger partial charge in [0.25, 0.3) is 10.0 Å². The zero-order valence-corrected chi connectivity index (χ0v) is 12.5. The van der Waals surface area contributed by atoms with Crippen LogP contribution in [0.15, 0.2) is 22.9 Å². The van der Waals surface area contributed by atoms with Crippen molar-refractivity contribution in [2.24, 2.45) is 0 Å². The van der Waals surface area contributed by atoms with Crippen molar-refractivity contribution in [3.63, 3.8) is 0 Å². The number of nitrogens with zero attached hydrogens (tertiary/aromatic N) is 2. The van der Waals surface area contributed by atoms with Gasteiger partial charge in [0, 0.05) is 32.3 Å². The molecule has 0 fully saturated rings. The van der Waals surface area contributed by atoms with Crippen LogP contribution in [0.25, 0.3) is 0 Å². The molecule has 0 aliphatic carbocycles. The zero-order chi connectivity index (χ0) is 14.6. The van der Waals surface area contributed by atoms with Gasteiger partial charge in [0.05, 0.1) is 12.8 Å². The van der Waals surface area contributed by atoms with Gasteiger partial charge in [-0.25, -0.2) is 8.42 Å². The molecular weight excluding hydrogens is 280 g/mol. The van der Waals surface area contributed by atoms with E-state index in [0.29, 0.717) is 38.2 Å². The summed E-state index contributed by atoms with van der Waals surface area (Å²) in [6.45, 7) is 1.86. The Morgan fingerprint density at radius 2 is 2.35 bits per heavy atom. The molecule has 112 valence electrons. The fourth-order valence-corrected chi connectivity index (χ4v) is 3.68. The second-order valence-electron chi connectivity index (χ2n) is 4.66. The summed E-state index contributed by atoms with van der Waals surface area (Å²) in [6, 6.07) is 0. The van der Waals surface area contributed by atoms with Crippen molar-refractivity contribution >= 4 is 10.0 Å². The molecule has 0 amide bonds. The molecular formula is C12H20N4O3S. The molecule has 0 atom stereocenters. The van der Waals surface area contributed by atoms with Crippen molar-refractivity contribution in [1.29, 1.82) is 0 Å². The molecule has 0 unspecified atom stereocenters. The van der Waals surface area contributed by atoms with E-state index in [1.165, 1.54) is 4.31 Å². The first-order valence-electron chi connectivity index (χ1n) is 6.43. The predicted molar refractivity (Wildman–Crippen MR) is 74.7 cm³/mol. The summed E-state index contributed by atoms with van der Waals surface area (Å²) in [6.07, 6.45) is 4.15. The number of hydrogen-bond acceptors (Lipinski definition) is 5. The number of ether oxygens (including phenoxy) is 1. The Kier molecular flexibility index (Phi) is 4.92. The molecule has 0 spiro atoms. The number of aromatic nitrogens is 2. The van der Waals surface area contributed by atoms with Crippen LogP contribution in [0.1, 0.15) is 12.0 Å². The molecule has 20 heavy (non-hydrogen) atoms. The van der Waals surface area contributed by atoms with Crippen LogP contribution in [0.4, 0.5) is 0 Å². The van der Waals surface area contributed by atoms with Crippen molar-refractivity contribution < 1.29 is 13.2 Å². The number of hydrogen-bond donors (Lipinski definition) is 2. The minimum atomic E-state index is -3.52. The number of rotatable bonds is 6. The van der Waals surface area contributed by atoms with E-state index in [2.05, 4.69) is 15.5 Å². The minimum absolute atomic E-state index is 0.176. The van der Waals surface area contributed by atoms with E-state index in [1.54, 1.807) is 20.4 Å². The van der Waals surface area contributed by atoms with Crippen LogP contribution in [-0.4, -0.2) is 56.8 Å². The van der Waals surface area contributed by atoms with Crippen molar-refractivity contribution in [1.82, 2.24) is 19.8 Å². The Morgan fingerprint density at radius 1 is 1.55 bits per heavy atom. The zero-order valence-electron chi connectivity index (χ0n) is 11.7. The van der Waals surface area contributed by atoms with Gasteiger partial charge in [0.2, 0.25) is 0 Å². The minimum Gasteiger partial charge on any atom is -0.380 e. The lowest BCUT2D eigenvalue weighted by Crippen LogP contribution is -2.36. The molecule has 2 N–H and O–H groups in total. The van der Waals surface area contributed by atoms with E-state index in [0.717, 1.165) is 5.57 Å². The lowest BCUT2D eigenvalue weighted by Gasteiger charge is -2.25. The summed E-state index contributed by atoms with van der Waals surface area (Å²) in [7, 11) is -0.115. The molecule has 1 aliphatic rings. The summed E-state index contributed by atoms with van der Waals surface area (Å²) >= 11 is 0. The largest absolute Gasteiger partial charge is 0.380 e. The molecule has 7 nitrogen and oxygen atoms in total. The molecule has 1 aromatic rings. The molecule has 8 heteroatoms. The predicted octanol–water partition coefficient (Wildman–Crippen LogP) is 0.0963. The summed E-state index contributed by atoms with van der Waals surface area (Å²) in [5, 5.41) is 9.55. The summed E-state index contributed by atoms with van der Waals surface area (Å²) in [5.41, 5.74) is 1.79. The maximum absolute atomic E-state index is 12.6. The summed E-state index contributed by atoms with van der Waals surface area (Å²) < 4.78 is 31.7. The third-order valence-corrected chi connectivity index (χ3v) is 5.12. The average molecular weight is 300 g/mol. The number of sulfonamides is 1. The third-order valence-electron chi connectivity index (χ3n) is 3.24. The molecule has 2 rings (SSSR count). The quantitative estimate of drug-likeness (QED) is 0.727. The highest BCUT2D eigenvalue weighted by atomic mass is 32.2. The molecule has 1 aliphatic heterocycles. The number of aromatic amines is 1. The number of nitrogens with one attached hydrogen (secondary N) is 2. The Bertz CT molecular complexity index is 579. The Labute approximate surface area is 119 Å². The number of methoxy groups -OCH3 is 1. The highest BCUT2D eigenvalue weighted by molar-refractivity contribution is 7.89. The van der Waals surface area contributed by atoms with Gasteiger partial charge in [-0.3, -0.25) is 5.10 Å². The van der Waals surface area contributed by atoms with Crippen molar-refractivity contribution in [2.75, 3.05) is 33.9 Å². The van der Waals surface area contributed by atoms with Crippen molar-refractivity contribution in [2.45, 2.75) is 18.0 Å². The third kappa shape index (κ3) is 3.09. The van der Waals surface area contributed by atoms with E-state index in [1.807, 2.05) is 6.08 Å². The maximum atomic E-state index is 12.6. The van der Waals surface area contributed by atoms with Crippen LogP contribution in [0.2, 0.25) is 0 Å². The molecule has 0 radical (unpaired) electrons. The standard InChI is InChI=1S/C12H20N4O3S/c1-13-7-11-8-14-15-12(11)20(17,18)16-5-3-10(4-6-16)9-19-2/h3,8,13H,4-7,9H2,1-2H3,(H,14,15). The van der Waals surface area contributed by atoms with E-state index >= 15 is 0 Å². The number of H-pyrrole nitrogens is 1. The van der Waals surface area contributed by atoms with Gasteiger partial charge in [-0.05, 0) is 19.0 Å². The van der Waals surface area contributed by atoms with Crippen LogP contribution in [0.3, 0.4) is 0 Å². The van der Waals surface area contributed by atoms with Crippen LogP contribution in [-0.2, 0) is 21.3 Å². The van der Waals surface area contributed by atoms with Gasteiger partial charge in [0.15, 0.2) is 5.03 Å². The van der Waals surface area contributed by atoms with Crippen LogP contribution in [0, 0.1) is 0 Å². The van der Waals surface area contributed by atoms with Gasteiger partial charge in [0.1, 0.15) is 0 Å². The molecule has 2 heterocycles. The van der Waals surface area contributed by atoms with E-state index < -0.39 is 10.0 Å². The first-order chi connectivity index (χ1) is 9.59. The highest BCUT2D eigenvalue weighted by Gasteiger charge is 2.29. The van der Waals surface area contributed by atoms with E-state index in [4.69, 9.17) is 4.74 Å². The lowest BCUT2D eigenvalue weighted by molar-refractivity contribution is 0.219. The second-order valence-corrected chi connectivity index (χ2v) is 6.54. The summed E-state index contributed by atoms with van der Waals surface area (Å²) in [5.74, 6) is 0. The monoisotopic (exact) mass is 300 g/mol. The molecule has 1 aromatic heterocycles. The molecule has 0 aromatic carbocycles. The molecule has 0 bridgehead atoms. The van der Waals surface area contributed by atoms with Crippen LogP contribution >= 0.6 is 0 Å². The Hall–Kier alpha value is -1.22. The smallest absolute Gasteiger partial charge is 0.260 e. The first-order valence-corrected chi connectivity index (χ1v) is 7.87. The van der Waals surface area contributed by atoms with Crippen molar-refractivity contribution in [3.05, 3.63) is 23.4 Å². The van der Waals surface area contributed by atoms with Crippen LogP contribution in [0.5, 0.6) is 0 Å². The first kappa shape index (κ1) is 15.2. The molecule has 0 saturated carbocycles. The van der Waals surface area contributed by atoms with Gasteiger partial charge in [-0.1, -0.05) is 6.08 Å². The van der Waals surface area contributed by atoms with Gasteiger partial charge >= 0.3 is 0 Å². The van der Waals surface area contributed by atoms with Gasteiger partial charge in [-0.2, -0.15) is 9.40 Å². The van der Waals surface area contributed by atoms with Gasteiger partial charge < -0.3 is 10.1 Å². The van der Waals surface area contributed by atoms with Crippen molar-refractivity contribution in [3.8, 4) is 0 Å². The highest BCUT2D eigenvalue weighted by Crippen LogP contribution is 2.21. The second kappa shape index (κ2) is 6.49. The normalized spacial score (nSPS) is 17.2.